The van der Waals surface area contributed by atoms with Gasteiger partial charge in [-0.05, 0) is 46.1 Å². The second kappa shape index (κ2) is 7.37. The average molecular weight is 391 g/mol. The minimum Gasteiger partial charge on any atom is -0.331 e. The molecule has 2 aliphatic rings. The molecule has 140 valence electrons. The summed E-state index contributed by atoms with van der Waals surface area (Å²) in [6.45, 7) is 7.92. The lowest BCUT2D eigenvalue weighted by Gasteiger charge is -2.38. The Morgan fingerprint density at radius 3 is 2.77 bits per heavy atom. The molecular weight excluding hydrogens is 364 g/mol. The first kappa shape index (κ1) is 18.1. The second-order valence-corrected chi connectivity index (χ2v) is 9.92. The topological polar surface area (TPSA) is 49.3 Å². The Kier molecular flexibility index (Phi) is 5.12. The number of amides is 1. The zero-order valence-electron chi connectivity index (χ0n) is 15.5. The van der Waals surface area contributed by atoms with Crippen molar-refractivity contribution >= 4 is 28.6 Å². The van der Waals surface area contributed by atoms with E-state index in [0.717, 1.165) is 61.0 Å². The lowest BCUT2D eigenvalue weighted by molar-refractivity contribution is -0.132. The van der Waals surface area contributed by atoms with Crippen molar-refractivity contribution in [3.63, 3.8) is 0 Å². The summed E-state index contributed by atoms with van der Waals surface area (Å²) >= 11 is 3.46. The van der Waals surface area contributed by atoms with Gasteiger partial charge in [-0.3, -0.25) is 9.69 Å². The molecule has 1 spiro atoms. The van der Waals surface area contributed by atoms with Crippen molar-refractivity contribution in [3.05, 3.63) is 32.2 Å². The third-order valence-electron chi connectivity index (χ3n) is 5.72. The number of nitrogens with zero attached hydrogens (tertiary/aromatic N) is 4. The van der Waals surface area contributed by atoms with Gasteiger partial charge in [-0.2, -0.15) is 0 Å². The van der Waals surface area contributed by atoms with Gasteiger partial charge >= 0.3 is 0 Å². The predicted molar refractivity (Wildman–Crippen MR) is 105 cm³/mol. The molecule has 4 rings (SSSR count). The van der Waals surface area contributed by atoms with Crippen LogP contribution >= 0.6 is 22.7 Å². The van der Waals surface area contributed by atoms with E-state index in [1.165, 1.54) is 4.88 Å². The van der Waals surface area contributed by atoms with Crippen LogP contribution in [0, 0.1) is 13.8 Å². The van der Waals surface area contributed by atoms with Crippen LogP contribution in [-0.2, 0) is 17.9 Å². The van der Waals surface area contributed by atoms with Gasteiger partial charge in [-0.15, -0.1) is 22.7 Å². The number of likely N-dealkylation sites (tertiary alicyclic amines) is 2. The molecule has 0 N–H and O–H groups in total. The van der Waals surface area contributed by atoms with E-state index in [4.69, 9.17) is 0 Å². The van der Waals surface area contributed by atoms with Gasteiger partial charge in [0.05, 0.1) is 22.3 Å². The maximum atomic E-state index is 12.6. The second-order valence-electron chi connectivity index (χ2n) is 7.54. The first-order valence-electron chi connectivity index (χ1n) is 9.39. The summed E-state index contributed by atoms with van der Waals surface area (Å²) < 4.78 is 0. The molecule has 2 saturated heterocycles. The van der Waals surface area contributed by atoms with E-state index in [9.17, 15) is 4.79 Å². The van der Waals surface area contributed by atoms with Crippen LogP contribution in [0.15, 0.2) is 11.6 Å². The van der Waals surface area contributed by atoms with Crippen molar-refractivity contribution in [2.75, 3.05) is 13.1 Å². The Bertz CT molecular complexity index is 786. The van der Waals surface area contributed by atoms with Gasteiger partial charge in [0.15, 0.2) is 0 Å². The zero-order valence-corrected chi connectivity index (χ0v) is 17.2. The Morgan fingerprint density at radius 1 is 1.15 bits per heavy atom. The number of hydrogen-bond acceptors (Lipinski definition) is 6. The quantitative estimate of drug-likeness (QED) is 0.797. The molecule has 0 aromatic carbocycles. The van der Waals surface area contributed by atoms with E-state index in [1.54, 1.807) is 22.7 Å². The van der Waals surface area contributed by atoms with Gasteiger partial charge in [0.25, 0.3) is 0 Å². The highest BCUT2D eigenvalue weighted by Gasteiger charge is 2.45. The first-order chi connectivity index (χ1) is 12.5. The highest BCUT2D eigenvalue weighted by atomic mass is 32.1. The number of aromatic nitrogens is 2. The lowest BCUT2D eigenvalue weighted by Crippen LogP contribution is -2.46. The molecule has 2 aromatic heterocycles. The molecule has 0 radical (unpaired) electrons. The molecule has 2 fully saturated rings. The van der Waals surface area contributed by atoms with E-state index in [-0.39, 0.29) is 5.54 Å². The molecule has 1 amide bonds. The highest BCUT2D eigenvalue weighted by molar-refractivity contribution is 7.11. The molecule has 0 saturated carbocycles. The molecular formula is C19H26N4OS2. The predicted octanol–water partition coefficient (Wildman–Crippen LogP) is 3.76. The van der Waals surface area contributed by atoms with E-state index in [1.807, 2.05) is 13.1 Å². The Labute approximate surface area is 163 Å². The maximum absolute atomic E-state index is 12.6. The van der Waals surface area contributed by atoms with Crippen molar-refractivity contribution in [2.24, 2.45) is 0 Å². The number of thiazole rings is 2. The minimum atomic E-state index is 0.0347. The summed E-state index contributed by atoms with van der Waals surface area (Å²) in [7, 11) is 0. The van der Waals surface area contributed by atoms with Crippen LogP contribution < -0.4 is 0 Å². The monoisotopic (exact) mass is 390 g/mol. The molecule has 1 atom stereocenters. The van der Waals surface area contributed by atoms with E-state index in [2.05, 4.69) is 32.1 Å². The van der Waals surface area contributed by atoms with Crippen LogP contribution in [0.1, 0.15) is 52.7 Å². The fourth-order valence-corrected chi connectivity index (χ4v) is 5.83. The molecule has 4 heterocycles. The normalized spacial score (nSPS) is 24.5. The fraction of sp³-hybridized carbons (Fsp3) is 0.632. The number of rotatable bonds is 4. The van der Waals surface area contributed by atoms with Gasteiger partial charge in [0.2, 0.25) is 5.91 Å². The third-order valence-corrected chi connectivity index (χ3v) is 7.44. The van der Waals surface area contributed by atoms with E-state index >= 15 is 0 Å². The molecule has 0 bridgehead atoms. The van der Waals surface area contributed by atoms with Crippen LogP contribution in [0.3, 0.4) is 0 Å². The molecule has 5 nitrogen and oxygen atoms in total. The van der Waals surface area contributed by atoms with Crippen LogP contribution in [0.2, 0.25) is 0 Å². The summed E-state index contributed by atoms with van der Waals surface area (Å²) in [6.07, 6.45) is 7.04. The van der Waals surface area contributed by atoms with E-state index < -0.39 is 0 Å². The van der Waals surface area contributed by atoms with Gasteiger partial charge in [0.1, 0.15) is 0 Å². The maximum Gasteiger partial charge on any atom is 0.223 e. The molecule has 2 aliphatic heterocycles. The number of hydrogen-bond donors (Lipinski definition) is 0. The van der Waals surface area contributed by atoms with Gasteiger partial charge in [0, 0.05) is 41.5 Å². The molecule has 1 unspecified atom stereocenters. The SMILES string of the molecule is Cc1nc(CN2C(=O)CCC23CCCN(Cc2cnc(C)s2)CC3)cs1. The number of aryl methyl sites for hydroxylation is 2. The van der Waals surface area contributed by atoms with Crippen molar-refractivity contribution in [1.82, 2.24) is 19.8 Å². The number of carbonyl (C=O) groups excluding carboxylic acids is 1. The van der Waals surface area contributed by atoms with Crippen LogP contribution in [0.4, 0.5) is 0 Å². The Balaban J connectivity index is 1.45. The van der Waals surface area contributed by atoms with Crippen molar-refractivity contribution in [2.45, 2.75) is 64.6 Å². The fourth-order valence-electron chi connectivity index (χ4n) is 4.38. The zero-order chi connectivity index (χ0) is 18.1. The third kappa shape index (κ3) is 3.70. The Morgan fingerprint density at radius 2 is 2.04 bits per heavy atom. The summed E-state index contributed by atoms with van der Waals surface area (Å²) in [5.41, 5.74) is 1.08. The molecule has 7 heteroatoms. The van der Waals surface area contributed by atoms with Gasteiger partial charge in [-0.1, -0.05) is 0 Å². The summed E-state index contributed by atoms with van der Waals surface area (Å²) in [6, 6.07) is 0. The van der Waals surface area contributed by atoms with Crippen molar-refractivity contribution in [1.29, 1.82) is 0 Å². The summed E-state index contributed by atoms with van der Waals surface area (Å²) in [5, 5.41) is 4.31. The Hall–Kier alpha value is -1.31. The van der Waals surface area contributed by atoms with Crippen molar-refractivity contribution in [3.8, 4) is 0 Å². The van der Waals surface area contributed by atoms with Crippen molar-refractivity contribution < 1.29 is 4.79 Å². The molecule has 2 aromatic rings. The summed E-state index contributed by atoms with van der Waals surface area (Å²) in [5.74, 6) is 0.308. The minimum absolute atomic E-state index is 0.0347. The average Bonchev–Trinajstić information content (AvgIpc) is 3.24. The van der Waals surface area contributed by atoms with Crippen LogP contribution in [0.5, 0.6) is 0 Å². The largest absolute Gasteiger partial charge is 0.331 e. The van der Waals surface area contributed by atoms with Crippen LogP contribution in [-0.4, -0.2) is 44.3 Å². The lowest BCUT2D eigenvalue weighted by atomic mass is 9.87. The number of carbonyl (C=O) groups is 1. The molecule has 26 heavy (non-hydrogen) atoms. The summed E-state index contributed by atoms with van der Waals surface area (Å²) in [4.78, 5) is 27.6. The highest BCUT2D eigenvalue weighted by Crippen LogP contribution is 2.40. The molecule has 0 aliphatic carbocycles. The first-order valence-corrected chi connectivity index (χ1v) is 11.1. The van der Waals surface area contributed by atoms with Crippen LogP contribution in [0.25, 0.3) is 0 Å². The standard InChI is InChI=1S/C19H26N4OS2/c1-14-20-10-17(26-14)12-22-8-3-5-19(7-9-22)6-4-18(24)23(19)11-16-13-25-15(2)21-16/h10,13H,3-9,11-12H2,1-2H3. The van der Waals surface area contributed by atoms with E-state index in [0.29, 0.717) is 18.9 Å². The smallest absolute Gasteiger partial charge is 0.223 e. The van der Waals surface area contributed by atoms with Gasteiger partial charge in [-0.25, -0.2) is 9.97 Å². The van der Waals surface area contributed by atoms with Gasteiger partial charge < -0.3 is 4.90 Å².